The number of hydrogen-bond donors (Lipinski definition) is 2. The average molecular weight is 226 g/mol. The first kappa shape index (κ1) is 13.2. The standard InChI is InChI=1S/C12H22N2O2/c1-4-7-13-11(15)10(2)14-8-5-6-12(3,16)9-14/h4,10,16H,1,5-9H2,2-3H3,(H,13,15). The van der Waals surface area contributed by atoms with Gasteiger partial charge in [-0.05, 0) is 33.2 Å². The maximum atomic E-state index is 11.7. The fraction of sp³-hybridized carbons (Fsp3) is 0.750. The summed E-state index contributed by atoms with van der Waals surface area (Å²) >= 11 is 0. The number of hydrogen-bond acceptors (Lipinski definition) is 3. The summed E-state index contributed by atoms with van der Waals surface area (Å²) in [5, 5.41) is 12.7. The number of aliphatic hydroxyl groups is 1. The Kier molecular flexibility index (Phi) is 4.50. The molecule has 2 atom stereocenters. The first-order chi connectivity index (χ1) is 7.46. The SMILES string of the molecule is C=CCNC(=O)C(C)N1CCCC(C)(O)C1. The number of carbonyl (C=O) groups is 1. The number of amides is 1. The molecule has 4 nitrogen and oxygen atoms in total. The van der Waals surface area contributed by atoms with E-state index >= 15 is 0 Å². The largest absolute Gasteiger partial charge is 0.389 e. The Morgan fingerprint density at radius 2 is 2.44 bits per heavy atom. The smallest absolute Gasteiger partial charge is 0.237 e. The molecule has 0 spiro atoms. The molecule has 0 aromatic carbocycles. The lowest BCUT2D eigenvalue weighted by Gasteiger charge is -2.39. The van der Waals surface area contributed by atoms with Crippen LogP contribution in [0.2, 0.25) is 0 Å². The van der Waals surface area contributed by atoms with E-state index < -0.39 is 5.60 Å². The van der Waals surface area contributed by atoms with Crippen LogP contribution in [0.25, 0.3) is 0 Å². The van der Waals surface area contributed by atoms with Crippen LogP contribution in [0.5, 0.6) is 0 Å². The topological polar surface area (TPSA) is 52.6 Å². The minimum Gasteiger partial charge on any atom is -0.389 e. The van der Waals surface area contributed by atoms with Crippen molar-refractivity contribution in [3.05, 3.63) is 12.7 Å². The minimum atomic E-state index is -0.661. The summed E-state index contributed by atoms with van der Waals surface area (Å²) in [6.45, 7) is 9.19. The van der Waals surface area contributed by atoms with Gasteiger partial charge in [-0.15, -0.1) is 6.58 Å². The molecule has 1 aliphatic heterocycles. The maximum Gasteiger partial charge on any atom is 0.237 e. The van der Waals surface area contributed by atoms with E-state index in [1.165, 1.54) is 0 Å². The molecule has 92 valence electrons. The second kappa shape index (κ2) is 5.46. The van der Waals surface area contributed by atoms with Gasteiger partial charge in [0.15, 0.2) is 0 Å². The van der Waals surface area contributed by atoms with E-state index in [9.17, 15) is 9.90 Å². The molecule has 0 aromatic heterocycles. The van der Waals surface area contributed by atoms with Gasteiger partial charge in [0.2, 0.25) is 5.91 Å². The zero-order valence-corrected chi connectivity index (χ0v) is 10.2. The molecule has 1 amide bonds. The van der Waals surface area contributed by atoms with Crippen LogP contribution in [-0.4, -0.2) is 47.2 Å². The molecule has 2 unspecified atom stereocenters. The number of carbonyl (C=O) groups excluding carboxylic acids is 1. The number of likely N-dealkylation sites (tertiary alicyclic amines) is 1. The van der Waals surface area contributed by atoms with Crippen molar-refractivity contribution in [2.24, 2.45) is 0 Å². The summed E-state index contributed by atoms with van der Waals surface area (Å²) in [5.41, 5.74) is -0.661. The third kappa shape index (κ3) is 3.61. The van der Waals surface area contributed by atoms with Gasteiger partial charge in [0.25, 0.3) is 0 Å². The predicted octanol–water partition coefficient (Wildman–Crippen LogP) is 0.524. The predicted molar refractivity (Wildman–Crippen MR) is 64.1 cm³/mol. The summed E-state index contributed by atoms with van der Waals surface area (Å²) in [6, 6.07) is -0.188. The van der Waals surface area contributed by atoms with Crippen molar-refractivity contribution in [2.75, 3.05) is 19.6 Å². The summed E-state index contributed by atoms with van der Waals surface area (Å²) < 4.78 is 0. The van der Waals surface area contributed by atoms with Crippen LogP contribution in [0.1, 0.15) is 26.7 Å². The average Bonchev–Trinajstić information content (AvgIpc) is 2.23. The van der Waals surface area contributed by atoms with Crippen LogP contribution in [-0.2, 0) is 4.79 Å². The number of nitrogens with one attached hydrogen (secondary N) is 1. The quantitative estimate of drug-likeness (QED) is 0.687. The molecule has 4 heteroatoms. The number of piperidine rings is 1. The molecule has 1 rings (SSSR count). The normalized spacial score (nSPS) is 28.4. The molecule has 0 bridgehead atoms. The zero-order valence-electron chi connectivity index (χ0n) is 10.2. The Labute approximate surface area is 97.3 Å². The van der Waals surface area contributed by atoms with Crippen LogP contribution in [0, 0.1) is 0 Å². The van der Waals surface area contributed by atoms with Gasteiger partial charge in [-0.3, -0.25) is 9.69 Å². The number of β-amino-alcohol motifs (C(OH)–C–C–N with tert-alkyl or cyclic N) is 1. The first-order valence-corrected chi connectivity index (χ1v) is 5.81. The van der Waals surface area contributed by atoms with Gasteiger partial charge in [0.1, 0.15) is 0 Å². The number of nitrogens with zero attached hydrogens (tertiary/aromatic N) is 1. The molecule has 0 radical (unpaired) electrons. The van der Waals surface area contributed by atoms with Gasteiger partial charge < -0.3 is 10.4 Å². The number of rotatable bonds is 4. The highest BCUT2D eigenvalue weighted by molar-refractivity contribution is 5.81. The van der Waals surface area contributed by atoms with Gasteiger partial charge in [-0.2, -0.15) is 0 Å². The molecule has 1 aliphatic rings. The van der Waals surface area contributed by atoms with E-state index in [4.69, 9.17) is 0 Å². The van der Waals surface area contributed by atoms with E-state index in [-0.39, 0.29) is 11.9 Å². The van der Waals surface area contributed by atoms with Gasteiger partial charge in [0.05, 0.1) is 11.6 Å². The van der Waals surface area contributed by atoms with Crippen molar-refractivity contribution in [3.63, 3.8) is 0 Å². The summed E-state index contributed by atoms with van der Waals surface area (Å²) in [5.74, 6) is -0.00222. The third-order valence-corrected chi connectivity index (χ3v) is 3.05. The molecule has 1 heterocycles. The lowest BCUT2D eigenvalue weighted by molar-refractivity contribution is -0.128. The fourth-order valence-electron chi connectivity index (χ4n) is 2.08. The van der Waals surface area contributed by atoms with Gasteiger partial charge in [0, 0.05) is 13.1 Å². The fourth-order valence-corrected chi connectivity index (χ4v) is 2.08. The van der Waals surface area contributed by atoms with Crippen molar-refractivity contribution in [1.29, 1.82) is 0 Å². The Morgan fingerprint density at radius 1 is 1.75 bits per heavy atom. The van der Waals surface area contributed by atoms with Crippen LogP contribution < -0.4 is 5.32 Å². The second-order valence-electron chi connectivity index (χ2n) is 4.78. The zero-order chi connectivity index (χ0) is 12.2. The van der Waals surface area contributed by atoms with Crippen molar-refractivity contribution >= 4 is 5.91 Å². The van der Waals surface area contributed by atoms with E-state index in [1.54, 1.807) is 6.08 Å². The molecular formula is C12H22N2O2. The molecule has 0 aliphatic carbocycles. The van der Waals surface area contributed by atoms with Crippen LogP contribution >= 0.6 is 0 Å². The molecule has 0 saturated carbocycles. The monoisotopic (exact) mass is 226 g/mol. The first-order valence-electron chi connectivity index (χ1n) is 5.81. The van der Waals surface area contributed by atoms with E-state index in [0.717, 1.165) is 19.4 Å². The van der Waals surface area contributed by atoms with Crippen molar-refractivity contribution in [1.82, 2.24) is 10.2 Å². The minimum absolute atomic E-state index is 0.00222. The van der Waals surface area contributed by atoms with Crippen molar-refractivity contribution < 1.29 is 9.90 Å². The highest BCUT2D eigenvalue weighted by Crippen LogP contribution is 2.21. The lowest BCUT2D eigenvalue weighted by Crippen LogP contribution is -2.53. The second-order valence-corrected chi connectivity index (χ2v) is 4.78. The summed E-state index contributed by atoms with van der Waals surface area (Å²) in [6.07, 6.45) is 3.41. The Morgan fingerprint density at radius 3 is 3.00 bits per heavy atom. The highest BCUT2D eigenvalue weighted by Gasteiger charge is 2.32. The maximum absolute atomic E-state index is 11.7. The van der Waals surface area contributed by atoms with Gasteiger partial charge in [-0.25, -0.2) is 0 Å². The Balaban J connectivity index is 2.49. The molecule has 1 saturated heterocycles. The van der Waals surface area contributed by atoms with Crippen molar-refractivity contribution in [2.45, 2.75) is 38.3 Å². The Bertz CT molecular complexity index is 264. The molecule has 2 N–H and O–H groups in total. The van der Waals surface area contributed by atoms with E-state index in [2.05, 4.69) is 11.9 Å². The Hall–Kier alpha value is -0.870. The summed E-state index contributed by atoms with van der Waals surface area (Å²) in [7, 11) is 0. The van der Waals surface area contributed by atoms with Crippen molar-refractivity contribution in [3.8, 4) is 0 Å². The van der Waals surface area contributed by atoms with Crippen LogP contribution in [0.3, 0.4) is 0 Å². The highest BCUT2D eigenvalue weighted by atomic mass is 16.3. The van der Waals surface area contributed by atoms with Crippen LogP contribution in [0.15, 0.2) is 12.7 Å². The van der Waals surface area contributed by atoms with Crippen LogP contribution in [0.4, 0.5) is 0 Å². The molecular weight excluding hydrogens is 204 g/mol. The molecule has 1 fully saturated rings. The van der Waals surface area contributed by atoms with E-state index in [1.807, 2.05) is 18.7 Å². The molecule has 0 aromatic rings. The van der Waals surface area contributed by atoms with Gasteiger partial charge >= 0.3 is 0 Å². The molecule has 16 heavy (non-hydrogen) atoms. The summed E-state index contributed by atoms with van der Waals surface area (Å²) in [4.78, 5) is 13.8. The van der Waals surface area contributed by atoms with E-state index in [0.29, 0.717) is 13.1 Å². The van der Waals surface area contributed by atoms with Gasteiger partial charge in [-0.1, -0.05) is 6.08 Å². The lowest BCUT2D eigenvalue weighted by atomic mass is 9.94. The third-order valence-electron chi connectivity index (χ3n) is 3.05.